The summed E-state index contributed by atoms with van der Waals surface area (Å²) in [4.78, 5) is 10.3. The third-order valence-corrected chi connectivity index (χ3v) is 1.51. The first-order chi connectivity index (χ1) is 6.02. The van der Waals surface area contributed by atoms with E-state index in [2.05, 4.69) is 0 Å². The summed E-state index contributed by atoms with van der Waals surface area (Å²) in [5, 5.41) is 26.2. The summed E-state index contributed by atoms with van der Waals surface area (Å²) in [6.07, 6.45) is -1.95. The summed E-state index contributed by atoms with van der Waals surface area (Å²) in [7, 11) is 0. The van der Waals surface area contributed by atoms with E-state index in [9.17, 15) is 9.18 Å². The van der Waals surface area contributed by atoms with E-state index >= 15 is 0 Å². The van der Waals surface area contributed by atoms with Crippen molar-refractivity contribution in [3.63, 3.8) is 0 Å². The minimum atomic E-state index is -1.95. The van der Waals surface area contributed by atoms with Crippen LogP contribution in [0.5, 0.6) is 5.75 Å². The van der Waals surface area contributed by atoms with Gasteiger partial charge >= 0.3 is 5.97 Å². The lowest BCUT2D eigenvalue weighted by atomic mass is 10.1. The number of phenolic OH excluding ortho intramolecular Hbond substituents is 1. The average Bonchev–Trinajstić information content (AvgIpc) is 2.08. The maximum atomic E-state index is 12.8. The van der Waals surface area contributed by atoms with E-state index in [4.69, 9.17) is 15.3 Å². The molecule has 13 heavy (non-hydrogen) atoms. The molecule has 0 radical (unpaired) electrons. The van der Waals surface area contributed by atoms with Crippen LogP contribution in [0.25, 0.3) is 0 Å². The van der Waals surface area contributed by atoms with Gasteiger partial charge in [-0.15, -0.1) is 0 Å². The van der Waals surface area contributed by atoms with Crippen LogP contribution in [0.1, 0.15) is 11.7 Å². The lowest BCUT2D eigenvalue weighted by Gasteiger charge is -2.06. The molecule has 0 saturated carbocycles. The highest BCUT2D eigenvalue weighted by atomic mass is 19.1. The third-order valence-electron chi connectivity index (χ3n) is 1.51. The van der Waals surface area contributed by atoms with Crippen LogP contribution in [0.3, 0.4) is 0 Å². The number of carbonyl (C=O) groups is 1. The van der Waals surface area contributed by atoms with Gasteiger partial charge in [-0.1, -0.05) is 0 Å². The first kappa shape index (κ1) is 9.47. The number of aliphatic hydroxyl groups is 1. The molecule has 0 amide bonds. The Kier molecular flexibility index (Phi) is 2.48. The van der Waals surface area contributed by atoms with Gasteiger partial charge in [0.15, 0.2) is 6.10 Å². The van der Waals surface area contributed by atoms with Crippen LogP contribution in [-0.2, 0) is 4.79 Å². The zero-order chi connectivity index (χ0) is 10.0. The van der Waals surface area contributed by atoms with Crippen LogP contribution >= 0.6 is 0 Å². The molecule has 5 heteroatoms. The molecule has 1 aromatic rings. The Bertz CT molecular complexity index is 337. The van der Waals surface area contributed by atoms with Gasteiger partial charge in [0.25, 0.3) is 0 Å². The molecule has 0 fully saturated rings. The highest BCUT2D eigenvalue weighted by molar-refractivity contribution is 5.74. The summed E-state index contributed by atoms with van der Waals surface area (Å²) in [6, 6.07) is 2.82. The molecular weight excluding hydrogens is 179 g/mol. The largest absolute Gasteiger partial charge is 0.508 e. The van der Waals surface area contributed by atoms with Crippen molar-refractivity contribution >= 4 is 5.97 Å². The summed E-state index contributed by atoms with van der Waals surface area (Å²) in [5.41, 5.74) is -0.451. The van der Waals surface area contributed by atoms with Gasteiger partial charge in [-0.25, -0.2) is 9.18 Å². The Labute approximate surface area is 72.9 Å². The van der Waals surface area contributed by atoms with Gasteiger partial charge in [-0.05, 0) is 18.2 Å². The number of carboxylic acid groups (broad SMARTS) is 1. The van der Waals surface area contributed by atoms with Crippen molar-refractivity contribution in [2.24, 2.45) is 0 Å². The van der Waals surface area contributed by atoms with Crippen molar-refractivity contribution in [1.82, 2.24) is 0 Å². The molecule has 4 nitrogen and oxygen atoms in total. The van der Waals surface area contributed by atoms with Crippen LogP contribution in [0.15, 0.2) is 18.2 Å². The molecule has 3 N–H and O–H groups in total. The van der Waals surface area contributed by atoms with E-state index in [1.807, 2.05) is 0 Å². The van der Waals surface area contributed by atoms with E-state index in [1.165, 1.54) is 0 Å². The molecule has 0 heterocycles. The van der Waals surface area contributed by atoms with Gasteiger partial charge in [-0.3, -0.25) is 0 Å². The lowest BCUT2D eigenvalue weighted by molar-refractivity contribution is -0.147. The Balaban J connectivity index is 3.12. The number of aliphatic carboxylic acids is 1. The van der Waals surface area contributed by atoms with Gasteiger partial charge in [0.05, 0.1) is 0 Å². The van der Waals surface area contributed by atoms with Gasteiger partial charge in [-0.2, -0.15) is 0 Å². The molecule has 1 aromatic carbocycles. The van der Waals surface area contributed by atoms with E-state index in [0.29, 0.717) is 0 Å². The smallest absolute Gasteiger partial charge is 0.337 e. The Hall–Kier alpha value is -1.62. The van der Waals surface area contributed by atoms with E-state index in [-0.39, 0.29) is 5.75 Å². The Morgan fingerprint density at radius 2 is 2.08 bits per heavy atom. The summed E-state index contributed by atoms with van der Waals surface area (Å²) in [6.45, 7) is 0. The molecule has 0 spiro atoms. The van der Waals surface area contributed by atoms with Crippen LogP contribution in [0.2, 0.25) is 0 Å². The fourth-order valence-corrected chi connectivity index (χ4v) is 0.874. The van der Waals surface area contributed by atoms with E-state index < -0.39 is 23.5 Å². The number of halogens is 1. The van der Waals surface area contributed by atoms with Crippen LogP contribution in [0, 0.1) is 5.82 Å². The van der Waals surface area contributed by atoms with Crippen molar-refractivity contribution in [1.29, 1.82) is 0 Å². The average molecular weight is 186 g/mol. The zero-order valence-corrected chi connectivity index (χ0v) is 6.44. The number of aromatic hydroxyl groups is 1. The minimum Gasteiger partial charge on any atom is -0.508 e. The molecule has 0 bridgehead atoms. The molecule has 0 aliphatic carbocycles. The second-order valence-electron chi connectivity index (χ2n) is 2.45. The molecule has 0 aliphatic rings. The fourth-order valence-electron chi connectivity index (χ4n) is 0.874. The van der Waals surface area contributed by atoms with Crippen molar-refractivity contribution in [2.45, 2.75) is 6.10 Å². The number of hydrogen-bond donors (Lipinski definition) is 3. The minimum absolute atomic E-state index is 0.295. The zero-order valence-electron chi connectivity index (χ0n) is 6.44. The molecule has 0 aromatic heterocycles. The summed E-state index contributed by atoms with van der Waals surface area (Å²) >= 11 is 0. The van der Waals surface area contributed by atoms with Crippen molar-refractivity contribution in [3.8, 4) is 5.75 Å². The highest BCUT2D eigenvalue weighted by Gasteiger charge is 2.20. The monoisotopic (exact) mass is 186 g/mol. The molecule has 1 rings (SSSR count). The van der Waals surface area contributed by atoms with Crippen LogP contribution in [-0.4, -0.2) is 21.3 Å². The van der Waals surface area contributed by atoms with E-state index in [0.717, 1.165) is 18.2 Å². The van der Waals surface area contributed by atoms with Gasteiger partial charge in [0.2, 0.25) is 0 Å². The molecule has 1 unspecified atom stereocenters. The van der Waals surface area contributed by atoms with Crippen molar-refractivity contribution in [2.75, 3.05) is 0 Å². The van der Waals surface area contributed by atoms with Crippen molar-refractivity contribution < 1.29 is 24.5 Å². The predicted molar refractivity (Wildman–Crippen MR) is 40.7 cm³/mol. The number of aliphatic hydroxyl groups excluding tert-OH is 1. The van der Waals surface area contributed by atoms with Crippen LogP contribution in [0.4, 0.5) is 4.39 Å². The van der Waals surface area contributed by atoms with Gasteiger partial charge < -0.3 is 15.3 Å². The maximum absolute atomic E-state index is 12.8. The number of carboxylic acids is 1. The molecular formula is C8H7FO4. The van der Waals surface area contributed by atoms with Crippen LogP contribution < -0.4 is 0 Å². The van der Waals surface area contributed by atoms with Crippen molar-refractivity contribution in [3.05, 3.63) is 29.6 Å². The number of phenols is 1. The highest BCUT2D eigenvalue weighted by Crippen LogP contribution is 2.21. The first-order valence-corrected chi connectivity index (χ1v) is 3.41. The Morgan fingerprint density at radius 3 is 2.62 bits per heavy atom. The van der Waals surface area contributed by atoms with Gasteiger partial charge in [0, 0.05) is 5.56 Å². The molecule has 0 saturated heterocycles. The molecule has 1 atom stereocenters. The number of hydrogen-bond acceptors (Lipinski definition) is 3. The third kappa shape index (κ3) is 1.94. The topological polar surface area (TPSA) is 77.8 Å². The normalized spacial score (nSPS) is 12.5. The standard InChI is InChI=1S/C8H7FO4/c9-6-2-1-4(10)3-5(6)7(11)8(12)13/h1-3,7,10-11H,(H,12,13). The van der Waals surface area contributed by atoms with Gasteiger partial charge in [0.1, 0.15) is 11.6 Å². The number of benzene rings is 1. The second-order valence-corrected chi connectivity index (χ2v) is 2.45. The Morgan fingerprint density at radius 1 is 1.46 bits per heavy atom. The lowest BCUT2D eigenvalue weighted by Crippen LogP contribution is -2.11. The second kappa shape index (κ2) is 3.40. The predicted octanol–water partition coefficient (Wildman–Crippen LogP) is 0.649. The quantitative estimate of drug-likeness (QED) is 0.633. The molecule has 0 aliphatic heterocycles. The first-order valence-electron chi connectivity index (χ1n) is 3.41. The fraction of sp³-hybridized carbons (Fsp3) is 0.125. The SMILES string of the molecule is O=C(O)C(O)c1cc(O)ccc1F. The summed E-state index contributed by atoms with van der Waals surface area (Å²) < 4.78 is 12.8. The van der Waals surface area contributed by atoms with E-state index in [1.54, 1.807) is 0 Å². The molecule has 70 valence electrons. The summed E-state index contributed by atoms with van der Waals surface area (Å²) in [5.74, 6) is -2.73. The number of rotatable bonds is 2. The maximum Gasteiger partial charge on any atom is 0.337 e.